The van der Waals surface area contributed by atoms with Crippen molar-refractivity contribution in [2.45, 2.75) is 25.8 Å². The zero-order valence-electron chi connectivity index (χ0n) is 15.0. The first-order valence-corrected chi connectivity index (χ1v) is 8.91. The normalized spacial score (nSPS) is 16.1. The van der Waals surface area contributed by atoms with Crippen molar-refractivity contribution in [3.8, 4) is 11.1 Å². The van der Waals surface area contributed by atoms with E-state index in [9.17, 15) is 4.79 Å². The number of aryl methyl sites for hydroxylation is 1. The predicted molar refractivity (Wildman–Crippen MR) is 101 cm³/mol. The minimum absolute atomic E-state index is 0.0380. The highest BCUT2D eigenvalue weighted by molar-refractivity contribution is 5.95. The van der Waals surface area contributed by atoms with Gasteiger partial charge >= 0.3 is 0 Å². The van der Waals surface area contributed by atoms with Gasteiger partial charge in [0.2, 0.25) is 5.91 Å². The van der Waals surface area contributed by atoms with Crippen LogP contribution < -0.4 is 5.32 Å². The Morgan fingerprint density at radius 3 is 2.69 bits per heavy atom. The van der Waals surface area contributed by atoms with Crippen molar-refractivity contribution in [1.29, 1.82) is 0 Å². The summed E-state index contributed by atoms with van der Waals surface area (Å²) in [6, 6.07) is 7.69. The van der Waals surface area contributed by atoms with Gasteiger partial charge in [0, 0.05) is 24.2 Å². The molecular weight excluding hydrogens is 328 g/mol. The van der Waals surface area contributed by atoms with E-state index in [1.165, 1.54) is 0 Å². The molecule has 0 unspecified atom stereocenters. The average molecular weight is 350 g/mol. The fraction of sp³-hybridized carbons (Fsp3) is 0.368. The Morgan fingerprint density at radius 2 is 1.96 bits per heavy atom. The monoisotopic (exact) mass is 350 g/mol. The second-order valence-corrected chi connectivity index (χ2v) is 6.81. The number of hydrogen-bond donors (Lipinski definition) is 1. The predicted octanol–water partition coefficient (Wildman–Crippen LogP) is 2.45. The van der Waals surface area contributed by atoms with Crippen molar-refractivity contribution in [3.05, 3.63) is 36.7 Å². The molecule has 7 nitrogen and oxygen atoms in total. The zero-order chi connectivity index (χ0) is 18.1. The Bertz CT molecular complexity index is 944. The van der Waals surface area contributed by atoms with Gasteiger partial charge in [-0.05, 0) is 56.6 Å². The molecule has 1 aliphatic heterocycles. The van der Waals surface area contributed by atoms with Crippen LogP contribution in [0.1, 0.15) is 19.8 Å². The second-order valence-electron chi connectivity index (χ2n) is 6.81. The highest BCUT2D eigenvalue weighted by Crippen LogP contribution is 2.24. The van der Waals surface area contributed by atoms with Crippen molar-refractivity contribution >= 4 is 22.6 Å². The highest BCUT2D eigenvalue weighted by Gasteiger charge is 2.24. The maximum Gasteiger partial charge on any atom is 0.242 e. The standard InChI is InChI=1S/C19H22N6O/c1-13(25-7-3-4-8-25)19(26)21-18-10-15-9-14(5-6-17(15)22-23-18)16-11-20-24(2)12-16/h5-6,9-13H,3-4,7-8H2,1-2H3,(H,21,23,26)/t13-/m0/s1. The Morgan fingerprint density at radius 1 is 1.15 bits per heavy atom. The maximum absolute atomic E-state index is 12.5. The third-order valence-electron chi connectivity index (χ3n) is 4.94. The largest absolute Gasteiger partial charge is 0.308 e. The van der Waals surface area contributed by atoms with Crippen molar-refractivity contribution in [2.75, 3.05) is 18.4 Å². The molecule has 26 heavy (non-hydrogen) atoms. The second kappa shape index (κ2) is 6.84. The number of anilines is 1. The lowest BCUT2D eigenvalue weighted by atomic mass is 10.1. The number of carbonyl (C=O) groups excluding carboxylic acids is 1. The number of rotatable bonds is 4. The summed E-state index contributed by atoms with van der Waals surface area (Å²) >= 11 is 0. The molecule has 3 aromatic rings. The van der Waals surface area contributed by atoms with Crippen LogP contribution in [-0.4, -0.2) is 49.9 Å². The van der Waals surface area contributed by atoms with Crippen LogP contribution in [0, 0.1) is 0 Å². The van der Waals surface area contributed by atoms with Crippen LogP contribution in [0.4, 0.5) is 5.82 Å². The number of nitrogens with zero attached hydrogens (tertiary/aromatic N) is 5. The smallest absolute Gasteiger partial charge is 0.242 e. The van der Waals surface area contributed by atoms with Crippen LogP contribution in [0.5, 0.6) is 0 Å². The van der Waals surface area contributed by atoms with Crippen molar-refractivity contribution in [2.24, 2.45) is 7.05 Å². The first kappa shape index (κ1) is 16.7. The zero-order valence-corrected chi connectivity index (χ0v) is 15.0. The summed E-state index contributed by atoms with van der Waals surface area (Å²) in [6.45, 7) is 3.90. The number of hydrogen-bond acceptors (Lipinski definition) is 5. The molecule has 1 aliphatic rings. The van der Waals surface area contributed by atoms with Gasteiger partial charge in [-0.15, -0.1) is 10.2 Å². The van der Waals surface area contributed by atoms with Crippen LogP contribution in [0.15, 0.2) is 36.7 Å². The summed E-state index contributed by atoms with van der Waals surface area (Å²) in [5, 5.41) is 16.4. The Kier molecular flexibility index (Phi) is 4.38. The number of amides is 1. The molecule has 7 heteroatoms. The lowest BCUT2D eigenvalue weighted by Gasteiger charge is -2.22. The number of likely N-dealkylation sites (tertiary alicyclic amines) is 1. The topological polar surface area (TPSA) is 75.9 Å². The molecule has 1 fully saturated rings. The molecule has 0 aliphatic carbocycles. The van der Waals surface area contributed by atoms with Crippen LogP contribution in [-0.2, 0) is 11.8 Å². The van der Waals surface area contributed by atoms with E-state index in [1.807, 2.05) is 50.6 Å². The van der Waals surface area contributed by atoms with Crippen LogP contribution >= 0.6 is 0 Å². The highest BCUT2D eigenvalue weighted by atomic mass is 16.2. The van der Waals surface area contributed by atoms with Gasteiger partial charge in [0.1, 0.15) is 0 Å². The summed E-state index contributed by atoms with van der Waals surface area (Å²) in [7, 11) is 1.89. The summed E-state index contributed by atoms with van der Waals surface area (Å²) in [5.74, 6) is 0.445. The molecular formula is C19H22N6O. The molecule has 0 spiro atoms. The Labute approximate surface area is 152 Å². The summed E-state index contributed by atoms with van der Waals surface area (Å²) in [4.78, 5) is 14.7. The molecule has 1 atom stereocenters. The molecule has 3 heterocycles. The molecule has 1 N–H and O–H groups in total. The third kappa shape index (κ3) is 3.30. The van der Waals surface area contributed by atoms with E-state index in [2.05, 4.69) is 25.5 Å². The van der Waals surface area contributed by atoms with Gasteiger partial charge in [-0.25, -0.2) is 0 Å². The number of carbonyl (C=O) groups is 1. The van der Waals surface area contributed by atoms with Gasteiger partial charge in [0.05, 0.1) is 17.8 Å². The molecule has 134 valence electrons. The summed E-state index contributed by atoms with van der Waals surface area (Å²) < 4.78 is 1.77. The number of aromatic nitrogens is 4. The summed E-state index contributed by atoms with van der Waals surface area (Å²) in [5.41, 5.74) is 2.89. The maximum atomic E-state index is 12.5. The number of benzene rings is 1. The fourth-order valence-corrected chi connectivity index (χ4v) is 3.38. The average Bonchev–Trinajstić information content (AvgIpc) is 3.32. The van der Waals surface area contributed by atoms with Gasteiger partial charge in [0.15, 0.2) is 5.82 Å². The van der Waals surface area contributed by atoms with Gasteiger partial charge in [-0.2, -0.15) is 5.10 Å². The molecule has 1 saturated heterocycles. The minimum Gasteiger partial charge on any atom is -0.308 e. The van der Waals surface area contributed by atoms with Gasteiger partial charge < -0.3 is 5.32 Å². The third-order valence-corrected chi connectivity index (χ3v) is 4.94. The van der Waals surface area contributed by atoms with Crippen molar-refractivity contribution < 1.29 is 4.79 Å². The van der Waals surface area contributed by atoms with E-state index in [1.54, 1.807) is 4.68 Å². The van der Waals surface area contributed by atoms with Gasteiger partial charge in [-0.3, -0.25) is 14.4 Å². The van der Waals surface area contributed by atoms with E-state index in [0.29, 0.717) is 5.82 Å². The van der Waals surface area contributed by atoms with E-state index in [-0.39, 0.29) is 11.9 Å². The molecule has 0 bridgehead atoms. The molecule has 1 aromatic carbocycles. The lowest BCUT2D eigenvalue weighted by molar-refractivity contribution is -0.120. The van der Waals surface area contributed by atoms with E-state index < -0.39 is 0 Å². The first-order valence-electron chi connectivity index (χ1n) is 8.91. The minimum atomic E-state index is -0.156. The fourth-order valence-electron chi connectivity index (χ4n) is 3.38. The molecule has 0 radical (unpaired) electrons. The summed E-state index contributed by atoms with van der Waals surface area (Å²) in [6.07, 6.45) is 6.11. The molecule has 2 aromatic heterocycles. The molecule has 0 saturated carbocycles. The van der Waals surface area contributed by atoms with Crippen LogP contribution in [0.25, 0.3) is 22.0 Å². The SMILES string of the molecule is C[C@@H](C(=O)Nc1cc2cc(-c3cnn(C)c3)ccc2nn1)N1CCCC1. The van der Waals surface area contributed by atoms with Crippen LogP contribution in [0.3, 0.4) is 0 Å². The van der Waals surface area contributed by atoms with Crippen LogP contribution in [0.2, 0.25) is 0 Å². The lowest BCUT2D eigenvalue weighted by Crippen LogP contribution is -2.40. The molecule has 4 rings (SSSR count). The Balaban J connectivity index is 1.57. The number of fused-ring (bicyclic) bond motifs is 1. The first-order chi connectivity index (χ1) is 12.6. The van der Waals surface area contributed by atoms with Gasteiger partial charge in [-0.1, -0.05) is 6.07 Å². The van der Waals surface area contributed by atoms with E-state index >= 15 is 0 Å². The van der Waals surface area contributed by atoms with E-state index in [4.69, 9.17) is 0 Å². The molecule has 1 amide bonds. The Hall–Kier alpha value is -2.80. The van der Waals surface area contributed by atoms with Crippen molar-refractivity contribution in [1.82, 2.24) is 24.9 Å². The quantitative estimate of drug-likeness (QED) is 0.782. The van der Waals surface area contributed by atoms with Crippen molar-refractivity contribution in [3.63, 3.8) is 0 Å². The van der Waals surface area contributed by atoms with Gasteiger partial charge in [0.25, 0.3) is 0 Å². The van der Waals surface area contributed by atoms with E-state index in [0.717, 1.165) is 48.0 Å². The number of nitrogens with one attached hydrogen (secondary N) is 1.